The van der Waals surface area contributed by atoms with Crippen LogP contribution in [0.15, 0.2) is 0 Å². The molecule has 2 heteroatoms. The fraction of sp³-hybridized carbons (Fsp3) is 1.00. The summed E-state index contributed by atoms with van der Waals surface area (Å²) in [5.41, 5.74) is 2.12. The average Bonchev–Trinajstić information content (AvgIpc) is 2.16. The summed E-state index contributed by atoms with van der Waals surface area (Å²) in [5, 5.41) is 0. The van der Waals surface area contributed by atoms with Crippen LogP contribution < -0.4 is 0 Å². The lowest BCUT2D eigenvalue weighted by atomic mass is 10.1. The van der Waals surface area contributed by atoms with Crippen molar-refractivity contribution in [2.75, 3.05) is 6.61 Å². The van der Waals surface area contributed by atoms with E-state index in [1.165, 1.54) is 6.42 Å². The van der Waals surface area contributed by atoms with E-state index in [0.29, 0.717) is 22.5 Å². The molecule has 0 spiro atoms. The Hall–Kier alpha value is 0.177. The molecule has 0 aromatic carbocycles. The maximum absolute atomic E-state index is 6.51. The SMILES string of the molecule is CCC(C)CO[Si](C(C)C)(C(C)C)C(C)C. The van der Waals surface area contributed by atoms with Crippen LogP contribution in [0.1, 0.15) is 61.8 Å². The molecular weight excluding hydrogens is 212 g/mol. The van der Waals surface area contributed by atoms with Gasteiger partial charge in [-0.1, -0.05) is 61.8 Å². The van der Waals surface area contributed by atoms with E-state index in [0.717, 1.165) is 6.61 Å². The summed E-state index contributed by atoms with van der Waals surface area (Å²) in [6.07, 6.45) is 1.22. The summed E-state index contributed by atoms with van der Waals surface area (Å²) in [7, 11) is -1.61. The molecule has 0 rings (SSSR count). The van der Waals surface area contributed by atoms with Gasteiger partial charge < -0.3 is 4.43 Å². The van der Waals surface area contributed by atoms with Crippen molar-refractivity contribution in [1.29, 1.82) is 0 Å². The molecule has 0 saturated carbocycles. The molecule has 0 aromatic heterocycles. The summed E-state index contributed by atoms with van der Waals surface area (Å²) >= 11 is 0. The lowest BCUT2D eigenvalue weighted by Crippen LogP contribution is -2.48. The highest BCUT2D eigenvalue weighted by molar-refractivity contribution is 6.77. The summed E-state index contributed by atoms with van der Waals surface area (Å²) in [4.78, 5) is 0. The molecule has 0 aromatic rings. The van der Waals surface area contributed by atoms with Gasteiger partial charge in [-0.15, -0.1) is 0 Å². The normalized spacial score (nSPS) is 15.2. The zero-order chi connectivity index (χ0) is 12.9. The molecule has 0 amide bonds. The second kappa shape index (κ2) is 6.80. The van der Waals surface area contributed by atoms with Crippen LogP contribution in [0.3, 0.4) is 0 Å². The van der Waals surface area contributed by atoms with Gasteiger partial charge in [0.25, 0.3) is 0 Å². The minimum absolute atomic E-state index is 0.697. The highest BCUT2D eigenvalue weighted by atomic mass is 28.4. The van der Waals surface area contributed by atoms with Gasteiger partial charge in [0.15, 0.2) is 8.32 Å². The Morgan fingerprint density at radius 1 is 0.812 bits per heavy atom. The minimum Gasteiger partial charge on any atom is -0.416 e. The third kappa shape index (κ3) is 3.59. The maximum atomic E-state index is 6.51. The lowest BCUT2D eigenvalue weighted by molar-refractivity contribution is 0.226. The lowest BCUT2D eigenvalue weighted by Gasteiger charge is -2.42. The van der Waals surface area contributed by atoms with Gasteiger partial charge >= 0.3 is 0 Å². The summed E-state index contributed by atoms with van der Waals surface area (Å²) in [5.74, 6) is 0.697. The molecule has 0 N–H and O–H groups in total. The van der Waals surface area contributed by atoms with Gasteiger partial charge in [-0.3, -0.25) is 0 Å². The molecule has 0 aliphatic rings. The molecule has 0 aliphatic heterocycles. The molecule has 16 heavy (non-hydrogen) atoms. The third-order valence-electron chi connectivity index (χ3n) is 4.02. The molecule has 0 bridgehead atoms. The van der Waals surface area contributed by atoms with Gasteiger partial charge in [-0.2, -0.15) is 0 Å². The Bertz CT molecular complexity index is 165. The van der Waals surface area contributed by atoms with E-state index in [1.54, 1.807) is 0 Å². The fourth-order valence-electron chi connectivity index (χ4n) is 2.90. The topological polar surface area (TPSA) is 9.23 Å². The highest BCUT2D eigenvalue weighted by Gasteiger charge is 2.44. The van der Waals surface area contributed by atoms with Crippen molar-refractivity contribution in [3.8, 4) is 0 Å². The van der Waals surface area contributed by atoms with E-state index in [9.17, 15) is 0 Å². The standard InChI is InChI=1S/C14H32OSi/c1-9-14(8)10-15-16(11(2)3,12(4)5)13(6)7/h11-14H,9-10H2,1-8H3. The zero-order valence-electron chi connectivity index (χ0n) is 12.6. The van der Waals surface area contributed by atoms with Gasteiger partial charge in [0.1, 0.15) is 0 Å². The second-order valence-corrected chi connectivity index (χ2v) is 11.6. The fourth-order valence-corrected chi connectivity index (χ4v) is 8.48. The first-order valence-corrected chi connectivity index (χ1v) is 9.06. The number of hydrogen-bond acceptors (Lipinski definition) is 1. The molecule has 0 heterocycles. The average molecular weight is 244 g/mol. The zero-order valence-corrected chi connectivity index (χ0v) is 13.6. The Labute approximate surface area is 104 Å². The monoisotopic (exact) mass is 244 g/mol. The Kier molecular flexibility index (Phi) is 6.88. The second-order valence-electron chi connectivity index (χ2n) is 6.14. The Balaban J connectivity index is 4.77. The highest BCUT2D eigenvalue weighted by Crippen LogP contribution is 2.42. The Morgan fingerprint density at radius 2 is 1.19 bits per heavy atom. The molecule has 0 aliphatic carbocycles. The van der Waals surface area contributed by atoms with Gasteiger partial charge in [0.2, 0.25) is 0 Å². The van der Waals surface area contributed by atoms with Crippen molar-refractivity contribution in [3.63, 3.8) is 0 Å². The first-order chi connectivity index (χ1) is 7.28. The van der Waals surface area contributed by atoms with Crippen LogP contribution >= 0.6 is 0 Å². The van der Waals surface area contributed by atoms with Crippen molar-refractivity contribution in [2.24, 2.45) is 5.92 Å². The van der Waals surface area contributed by atoms with E-state index in [2.05, 4.69) is 55.4 Å². The first kappa shape index (κ1) is 16.2. The minimum atomic E-state index is -1.61. The van der Waals surface area contributed by atoms with Crippen molar-refractivity contribution in [2.45, 2.75) is 78.4 Å². The van der Waals surface area contributed by atoms with Crippen LogP contribution in [0.25, 0.3) is 0 Å². The van der Waals surface area contributed by atoms with E-state index >= 15 is 0 Å². The number of hydrogen-bond donors (Lipinski definition) is 0. The Morgan fingerprint density at radius 3 is 1.44 bits per heavy atom. The van der Waals surface area contributed by atoms with Crippen molar-refractivity contribution in [1.82, 2.24) is 0 Å². The van der Waals surface area contributed by atoms with Crippen LogP contribution in [0.2, 0.25) is 16.6 Å². The predicted molar refractivity (Wildman–Crippen MR) is 76.5 cm³/mol. The maximum Gasteiger partial charge on any atom is 0.200 e. The quantitative estimate of drug-likeness (QED) is 0.558. The van der Waals surface area contributed by atoms with Crippen molar-refractivity contribution >= 4 is 8.32 Å². The van der Waals surface area contributed by atoms with Crippen LogP contribution in [0.4, 0.5) is 0 Å². The summed E-state index contributed by atoms with van der Waals surface area (Å²) < 4.78 is 6.51. The molecule has 98 valence electrons. The van der Waals surface area contributed by atoms with Gasteiger partial charge in [0.05, 0.1) is 0 Å². The van der Waals surface area contributed by atoms with Crippen molar-refractivity contribution in [3.05, 3.63) is 0 Å². The summed E-state index contributed by atoms with van der Waals surface area (Å²) in [6, 6.07) is 0. The molecule has 1 unspecified atom stereocenters. The molecule has 0 saturated heterocycles. The van der Waals surface area contributed by atoms with E-state index < -0.39 is 8.32 Å². The third-order valence-corrected chi connectivity index (χ3v) is 10.1. The molecular formula is C14H32OSi. The van der Waals surface area contributed by atoms with E-state index in [4.69, 9.17) is 4.43 Å². The van der Waals surface area contributed by atoms with Crippen LogP contribution in [0.5, 0.6) is 0 Å². The molecule has 1 nitrogen and oxygen atoms in total. The summed E-state index contributed by atoms with van der Waals surface area (Å²) in [6.45, 7) is 19.6. The van der Waals surface area contributed by atoms with Crippen LogP contribution in [0, 0.1) is 5.92 Å². The molecule has 1 atom stereocenters. The van der Waals surface area contributed by atoms with Gasteiger partial charge in [-0.25, -0.2) is 0 Å². The van der Waals surface area contributed by atoms with Crippen LogP contribution in [-0.2, 0) is 4.43 Å². The predicted octanol–water partition coefficient (Wildman–Crippen LogP) is 5.22. The van der Waals surface area contributed by atoms with E-state index in [-0.39, 0.29) is 0 Å². The van der Waals surface area contributed by atoms with E-state index in [1.807, 2.05) is 0 Å². The number of rotatable bonds is 7. The van der Waals surface area contributed by atoms with Gasteiger partial charge in [-0.05, 0) is 22.5 Å². The molecule has 0 radical (unpaired) electrons. The largest absolute Gasteiger partial charge is 0.416 e. The molecule has 0 fully saturated rings. The smallest absolute Gasteiger partial charge is 0.200 e. The van der Waals surface area contributed by atoms with Gasteiger partial charge in [0, 0.05) is 6.61 Å². The van der Waals surface area contributed by atoms with Crippen LogP contribution in [-0.4, -0.2) is 14.9 Å². The van der Waals surface area contributed by atoms with Crippen molar-refractivity contribution < 1.29 is 4.43 Å². The first-order valence-electron chi connectivity index (χ1n) is 6.92.